The second-order valence-corrected chi connectivity index (χ2v) is 5.60. The van der Waals surface area contributed by atoms with Crippen molar-refractivity contribution in [3.05, 3.63) is 45.7 Å². The Morgan fingerprint density at radius 2 is 2.00 bits per heavy atom. The molecule has 2 aromatic rings. The first kappa shape index (κ1) is 14.9. The Morgan fingerprint density at radius 1 is 1.30 bits per heavy atom. The van der Waals surface area contributed by atoms with E-state index < -0.39 is 0 Å². The van der Waals surface area contributed by atoms with Crippen molar-refractivity contribution in [2.45, 2.75) is 26.8 Å². The van der Waals surface area contributed by atoms with Gasteiger partial charge in [0.2, 0.25) is 0 Å². The standard InChI is InChI=1S/C14H15Cl2N3O/c1-8(2)18-14(20)11-7-17-19(9(11)3)10-4-5-12(15)13(16)6-10/h4-8H,1-3H3,(H,18,20). The Balaban J connectivity index is 2.37. The maximum absolute atomic E-state index is 12.0. The molecule has 0 aliphatic heterocycles. The fraction of sp³-hybridized carbons (Fsp3) is 0.286. The van der Waals surface area contributed by atoms with Crippen LogP contribution in [0.3, 0.4) is 0 Å². The first-order chi connectivity index (χ1) is 9.40. The van der Waals surface area contributed by atoms with Crippen molar-refractivity contribution in [1.82, 2.24) is 15.1 Å². The van der Waals surface area contributed by atoms with Crippen molar-refractivity contribution in [1.29, 1.82) is 0 Å². The Morgan fingerprint density at radius 3 is 2.60 bits per heavy atom. The van der Waals surface area contributed by atoms with E-state index in [0.717, 1.165) is 11.4 Å². The Kier molecular flexibility index (Phi) is 4.35. The molecule has 20 heavy (non-hydrogen) atoms. The fourth-order valence-corrected chi connectivity index (χ4v) is 2.14. The lowest BCUT2D eigenvalue weighted by Crippen LogP contribution is -2.30. The lowest BCUT2D eigenvalue weighted by atomic mass is 10.2. The number of nitrogens with zero attached hydrogens (tertiary/aromatic N) is 2. The highest BCUT2D eigenvalue weighted by molar-refractivity contribution is 6.42. The number of aromatic nitrogens is 2. The molecule has 0 atom stereocenters. The highest BCUT2D eigenvalue weighted by atomic mass is 35.5. The number of halogens is 2. The first-order valence-electron chi connectivity index (χ1n) is 6.21. The Labute approximate surface area is 127 Å². The second-order valence-electron chi connectivity index (χ2n) is 4.78. The minimum Gasteiger partial charge on any atom is -0.350 e. The molecule has 4 nitrogen and oxygen atoms in total. The average molecular weight is 312 g/mol. The van der Waals surface area contributed by atoms with Gasteiger partial charge in [0.05, 0.1) is 33.2 Å². The quantitative estimate of drug-likeness (QED) is 0.941. The van der Waals surface area contributed by atoms with Crippen LogP contribution in [0.1, 0.15) is 29.9 Å². The van der Waals surface area contributed by atoms with E-state index >= 15 is 0 Å². The van der Waals surface area contributed by atoms with Gasteiger partial charge in [-0.1, -0.05) is 23.2 Å². The van der Waals surface area contributed by atoms with Crippen LogP contribution in [0.25, 0.3) is 5.69 Å². The minimum absolute atomic E-state index is 0.0789. The zero-order valence-electron chi connectivity index (χ0n) is 11.4. The van der Waals surface area contributed by atoms with Gasteiger partial charge in [-0.3, -0.25) is 4.79 Å². The van der Waals surface area contributed by atoms with Gasteiger partial charge in [-0.2, -0.15) is 5.10 Å². The van der Waals surface area contributed by atoms with E-state index in [1.165, 1.54) is 0 Å². The second kappa shape index (κ2) is 5.85. The molecule has 1 aromatic carbocycles. The van der Waals surface area contributed by atoms with E-state index in [0.29, 0.717) is 15.6 Å². The summed E-state index contributed by atoms with van der Waals surface area (Å²) < 4.78 is 1.66. The summed E-state index contributed by atoms with van der Waals surface area (Å²) in [4.78, 5) is 12.0. The summed E-state index contributed by atoms with van der Waals surface area (Å²) in [5, 5.41) is 8.02. The molecule has 2 rings (SSSR count). The van der Waals surface area contributed by atoms with Gasteiger partial charge in [0.25, 0.3) is 5.91 Å². The number of nitrogens with one attached hydrogen (secondary N) is 1. The molecule has 0 unspecified atom stereocenters. The highest BCUT2D eigenvalue weighted by Gasteiger charge is 2.16. The van der Waals surface area contributed by atoms with Crippen molar-refractivity contribution in [3.63, 3.8) is 0 Å². The van der Waals surface area contributed by atoms with E-state index in [9.17, 15) is 4.79 Å². The average Bonchev–Trinajstić information content (AvgIpc) is 2.74. The maximum atomic E-state index is 12.0. The molecule has 0 bridgehead atoms. The van der Waals surface area contributed by atoms with Gasteiger partial charge in [0.15, 0.2) is 0 Å². The third-order valence-corrected chi connectivity index (χ3v) is 3.56. The summed E-state index contributed by atoms with van der Waals surface area (Å²) in [6.45, 7) is 5.66. The third kappa shape index (κ3) is 2.97. The molecule has 6 heteroatoms. The van der Waals surface area contributed by atoms with Gasteiger partial charge in [-0.15, -0.1) is 0 Å². The predicted molar refractivity (Wildman–Crippen MR) is 80.9 cm³/mol. The highest BCUT2D eigenvalue weighted by Crippen LogP contribution is 2.25. The van der Waals surface area contributed by atoms with Crippen LogP contribution in [0.5, 0.6) is 0 Å². The molecule has 1 N–H and O–H groups in total. The summed E-state index contributed by atoms with van der Waals surface area (Å²) in [5.74, 6) is -0.135. The summed E-state index contributed by atoms with van der Waals surface area (Å²) in [7, 11) is 0. The fourth-order valence-electron chi connectivity index (χ4n) is 1.85. The van der Waals surface area contributed by atoms with Crippen molar-refractivity contribution in [3.8, 4) is 5.69 Å². The third-order valence-electron chi connectivity index (χ3n) is 2.82. The molecule has 1 aromatic heterocycles. The van der Waals surface area contributed by atoms with Gasteiger partial charge in [0.1, 0.15) is 0 Å². The molecule has 1 amide bonds. The molecule has 1 heterocycles. The number of hydrogen-bond donors (Lipinski definition) is 1. The number of rotatable bonds is 3. The number of carbonyl (C=O) groups is 1. The molecule has 0 radical (unpaired) electrons. The zero-order valence-corrected chi connectivity index (χ0v) is 13.0. The lowest BCUT2D eigenvalue weighted by Gasteiger charge is -2.09. The maximum Gasteiger partial charge on any atom is 0.254 e. The summed E-state index contributed by atoms with van der Waals surface area (Å²) >= 11 is 11.9. The van der Waals surface area contributed by atoms with Crippen LogP contribution >= 0.6 is 23.2 Å². The molecular weight excluding hydrogens is 297 g/mol. The molecule has 0 spiro atoms. The number of carbonyl (C=O) groups excluding carboxylic acids is 1. The monoisotopic (exact) mass is 311 g/mol. The number of amides is 1. The van der Waals surface area contributed by atoms with Crippen LogP contribution < -0.4 is 5.32 Å². The van der Waals surface area contributed by atoms with Crippen LogP contribution in [0.15, 0.2) is 24.4 Å². The van der Waals surface area contributed by atoms with Crippen LogP contribution in [-0.2, 0) is 0 Å². The Bertz CT molecular complexity index is 650. The molecule has 0 fully saturated rings. The van der Waals surface area contributed by atoms with Gasteiger partial charge in [-0.05, 0) is 39.0 Å². The molecule has 106 valence electrons. The zero-order chi connectivity index (χ0) is 14.9. The molecular formula is C14H15Cl2N3O. The van der Waals surface area contributed by atoms with Crippen molar-refractivity contribution < 1.29 is 4.79 Å². The SMILES string of the molecule is Cc1c(C(=O)NC(C)C)cnn1-c1ccc(Cl)c(Cl)c1. The summed E-state index contributed by atoms with van der Waals surface area (Å²) in [6.07, 6.45) is 1.55. The van der Waals surface area contributed by atoms with Gasteiger partial charge in [-0.25, -0.2) is 4.68 Å². The summed E-state index contributed by atoms with van der Waals surface area (Å²) in [6, 6.07) is 5.30. The van der Waals surface area contributed by atoms with Crippen molar-refractivity contribution in [2.24, 2.45) is 0 Å². The van der Waals surface area contributed by atoms with Crippen molar-refractivity contribution in [2.75, 3.05) is 0 Å². The predicted octanol–water partition coefficient (Wildman–Crippen LogP) is 3.63. The lowest BCUT2D eigenvalue weighted by molar-refractivity contribution is 0.0942. The van der Waals surface area contributed by atoms with Gasteiger partial charge >= 0.3 is 0 Å². The van der Waals surface area contributed by atoms with E-state index in [-0.39, 0.29) is 11.9 Å². The van der Waals surface area contributed by atoms with E-state index in [1.807, 2.05) is 20.8 Å². The molecule has 0 aliphatic rings. The number of hydrogen-bond acceptors (Lipinski definition) is 2. The van der Waals surface area contributed by atoms with E-state index in [2.05, 4.69) is 10.4 Å². The topological polar surface area (TPSA) is 46.9 Å². The summed E-state index contributed by atoms with van der Waals surface area (Å²) in [5.41, 5.74) is 2.06. The van der Waals surface area contributed by atoms with E-state index in [4.69, 9.17) is 23.2 Å². The van der Waals surface area contributed by atoms with Gasteiger partial charge < -0.3 is 5.32 Å². The molecule has 0 saturated heterocycles. The van der Waals surface area contributed by atoms with Crippen LogP contribution in [0, 0.1) is 6.92 Å². The Hall–Kier alpha value is -1.52. The van der Waals surface area contributed by atoms with Crippen LogP contribution in [0.4, 0.5) is 0 Å². The minimum atomic E-state index is -0.135. The van der Waals surface area contributed by atoms with Gasteiger partial charge in [0, 0.05) is 6.04 Å². The van der Waals surface area contributed by atoms with E-state index in [1.54, 1.807) is 29.1 Å². The number of benzene rings is 1. The molecule has 0 aliphatic carbocycles. The van der Waals surface area contributed by atoms with Crippen LogP contribution in [0.2, 0.25) is 10.0 Å². The van der Waals surface area contributed by atoms with Crippen LogP contribution in [-0.4, -0.2) is 21.7 Å². The largest absolute Gasteiger partial charge is 0.350 e. The molecule has 0 saturated carbocycles. The normalized spacial score (nSPS) is 10.9. The smallest absolute Gasteiger partial charge is 0.254 e. The van der Waals surface area contributed by atoms with Crippen molar-refractivity contribution >= 4 is 29.1 Å². The first-order valence-corrected chi connectivity index (χ1v) is 6.96.